The number of pyridine rings is 1. The Bertz CT molecular complexity index is 1010. The molecule has 8 heteroatoms. The van der Waals surface area contributed by atoms with Crippen LogP contribution in [0.15, 0.2) is 36.7 Å². The Morgan fingerprint density at radius 2 is 1.88 bits per heavy atom. The zero-order chi connectivity index (χ0) is 23.4. The molecule has 3 fully saturated rings. The average molecular weight is 475 g/mol. The van der Waals surface area contributed by atoms with E-state index in [9.17, 15) is 13.2 Å². The van der Waals surface area contributed by atoms with Crippen molar-refractivity contribution >= 4 is 0 Å². The molecule has 0 radical (unpaired) electrons. The molecule has 1 spiro atoms. The number of hydrogen-bond acceptors (Lipinski definition) is 4. The van der Waals surface area contributed by atoms with Crippen molar-refractivity contribution in [2.24, 2.45) is 5.41 Å². The molecule has 2 aliphatic carbocycles. The normalized spacial score (nSPS) is 31.6. The Labute approximate surface area is 198 Å². The van der Waals surface area contributed by atoms with Crippen molar-refractivity contribution in [2.45, 2.75) is 93.5 Å². The summed E-state index contributed by atoms with van der Waals surface area (Å²) in [6, 6.07) is 7.31. The molecule has 2 aliphatic heterocycles. The topological polar surface area (TPSA) is 52.0 Å². The number of halogens is 3. The van der Waals surface area contributed by atoms with Crippen LogP contribution in [0.2, 0.25) is 0 Å². The summed E-state index contributed by atoms with van der Waals surface area (Å²) in [5.41, 5.74) is 0.285. The Morgan fingerprint density at radius 1 is 1.06 bits per heavy atom. The average Bonchev–Trinajstić information content (AvgIpc) is 3.13. The Hall–Kier alpha value is -1.93. The molecule has 4 heterocycles. The predicted molar refractivity (Wildman–Crippen MR) is 121 cm³/mol. The number of fused-ring (bicyclic) bond motifs is 1. The summed E-state index contributed by atoms with van der Waals surface area (Å²) in [7, 11) is 0. The van der Waals surface area contributed by atoms with Crippen molar-refractivity contribution in [3.05, 3.63) is 48.0 Å². The third kappa shape index (κ3) is 3.60. The second kappa shape index (κ2) is 8.05. The highest BCUT2D eigenvalue weighted by Gasteiger charge is 2.69. The molecule has 0 aromatic carbocycles. The van der Waals surface area contributed by atoms with Crippen LogP contribution in [0, 0.1) is 5.41 Å². The highest BCUT2D eigenvalue weighted by molar-refractivity contribution is 5.22. The number of nitrogens with one attached hydrogen (secondary N) is 1. The van der Waals surface area contributed by atoms with Gasteiger partial charge in [-0.15, -0.1) is 0 Å². The molecule has 1 N–H and O–H groups in total. The highest BCUT2D eigenvalue weighted by Crippen LogP contribution is 2.67. The lowest BCUT2D eigenvalue weighted by Gasteiger charge is -2.46. The van der Waals surface area contributed by atoms with Crippen molar-refractivity contribution in [3.63, 3.8) is 0 Å². The fraction of sp³-hybridized carbons (Fsp3) is 0.692. The Balaban J connectivity index is 1.19. The zero-order valence-corrected chi connectivity index (χ0v) is 19.5. The zero-order valence-electron chi connectivity index (χ0n) is 19.5. The second-order valence-electron chi connectivity index (χ2n) is 11.0. The van der Waals surface area contributed by atoms with E-state index >= 15 is 0 Å². The lowest BCUT2D eigenvalue weighted by molar-refractivity contribution is -0.200. The number of ether oxygens (including phenoxy) is 1. The quantitative estimate of drug-likeness (QED) is 0.588. The van der Waals surface area contributed by atoms with Crippen LogP contribution in [0.4, 0.5) is 13.2 Å². The molecule has 1 saturated heterocycles. The third-order valence-electron chi connectivity index (χ3n) is 9.17. The maximum absolute atomic E-state index is 13.9. The highest BCUT2D eigenvalue weighted by atomic mass is 19.4. The molecule has 2 aromatic heterocycles. The van der Waals surface area contributed by atoms with E-state index in [2.05, 4.69) is 22.5 Å². The van der Waals surface area contributed by atoms with Gasteiger partial charge >= 0.3 is 6.18 Å². The van der Waals surface area contributed by atoms with Gasteiger partial charge in [0.1, 0.15) is 0 Å². The van der Waals surface area contributed by atoms with E-state index in [1.54, 1.807) is 10.9 Å². The molecule has 0 unspecified atom stereocenters. The van der Waals surface area contributed by atoms with E-state index in [4.69, 9.17) is 9.72 Å². The third-order valence-corrected chi connectivity index (χ3v) is 9.17. The van der Waals surface area contributed by atoms with E-state index in [0.717, 1.165) is 56.6 Å². The fourth-order valence-electron chi connectivity index (χ4n) is 7.17. The molecule has 0 amide bonds. The van der Waals surface area contributed by atoms with Crippen LogP contribution in [0.25, 0.3) is 0 Å². The van der Waals surface area contributed by atoms with Crippen LogP contribution in [0.5, 0.6) is 0 Å². The molecular weight excluding hydrogens is 441 g/mol. The predicted octanol–water partition coefficient (Wildman–Crippen LogP) is 5.65. The molecule has 6 rings (SSSR count). The van der Waals surface area contributed by atoms with E-state index < -0.39 is 17.6 Å². The minimum Gasteiger partial charge on any atom is -0.375 e. The van der Waals surface area contributed by atoms with Gasteiger partial charge in [0.05, 0.1) is 28.8 Å². The van der Waals surface area contributed by atoms with Gasteiger partial charge in [0.25, 0.3) is 0 Å². The van der Waals surface area contributed by atoms with Gasteiger partial charge in [-0.05, 0) is 76.1 Å². The molecule has 2 saturated carbocycles. The van der Waals surface area contributed by atoms with Crippen LogP contribution >= 0.6 is 0 Å². The number of hydrogen-bond donors (Lipinski definition) is 1. The summed E-state index contributed by atoms with van der Waals surface area (Å²) in [5.74, 6) is 0. The van der Waals surface area contributed by atoms with Crippen LogP contribution in [0.1, 0.15) is 87.7 Å². The van der Waals surface area contributed by atoms with Crippen LogP contribution in [-0.4, -0.2) is 39.7 Å². The van der Waals surface area contributed by atoms with Gasteiger partial charge in [-0.2, -0.15) is 18.3 Å². The Morgan fingerprint density at radius 3 is 2.59 bits per heavy atom. The first-order valence-corrected chi connectivity index (χ1v) is 12.8. The maximum Gasteiger partial charge on any atom is 0.396 e. The maximum atomic E-state index is 13.9. The molecule has 184 valence electrons. The molecule has 5 nitrogen and oxygen atoms in total. The van der Waals surface area contributed by atoms with Gasteiger partial charge in [0, 0.05) is 30.1 Å². The molecule has 3 atom stereocenters. The van der Waals surface area contributed by atoms with Crippen LogP contribution in [0.3, 0.4) is 0 Å². The van der Waals surface area contributed by atoms with Gasteiger partial charge in [-0.3, -0.25) is 9.67 Å². The van der Waals surface area contributed by atoms with Gasteiger partial charge in [0.2, 0.25) is 0 Å². The summed E-state index contributed by atoms with van der Waals surface area (Å²) in [6.45, 7) is 1.47. The largest absolute Gasteiger partial charge is 0.396 e. The van der Waals surface area contributed by atoms with Gasteiger partial charge in [-0.25, -0.2) is 0 Å². The smallest absolute Gasteiger partial charge is 0.375 e. The fourth-order valence-corrected chi connectivity index (χ4v) is 7.17. The number of rotatable bonds is 6. The second-order valence-corrected chi connectivity index (χ2v) is 11.0. The van der Waals surface area contributed by atoms with Crippen molar-refractivity contribution in [1.82, 2.24) is 20.1 Å². The summed E-state index contributed by atoms with van der Waals surface area (Å²) in [6.07, 6.45) is 7.63. The number of alkyl halides is 3. The summed E-state index contributed by atoms with van der Waals surface area (Å²) in [4.78, 5) is 4.76. The first kappa shape index (κ1) is 22.5. The van der Waals surface area contributed by atoms with E-state index in [1.165, 1.54) is 12.8 Å². The Kier molecular flexibility index (Phi) is 5.33. The SMILES string of the molecule is FC(F)(F)C1([C@@H]2C[C@H](NCC[C@@]3(c4ccccn4)CCOC4(CCCC4)C3)c3ccnn32)CC1. The molecule has 34 heavy (non-hydrogen) atoms. The lowest BCUT2D eigenvalue weighted by Crippen LogP contribution is -2.47. The number of nitrogens with zero attached hydrogens (tertiary/aromatic N) is 3. The summed E-state index contributed by atoms with van der Waals surface area (Å²) in [5, 5.41) is 7.93. The summed E-state index contributed by atoms with van der Waals surface area (Å²) < 4.78 is 49.6. The summed E-state index contributed by atoms with van der Waals surface area (Å²) >= 11 is 0. The van der Waals surface area contributed by atoms with Crippen molar-refractivity contribution in [1.29, 1.82) is 0 Å². The monoisotopic (exact) mass is 474 g/mol. The minimum atomic E-state index is -4.18. The van der Waals surface area contributed by atoms with E-state index in [-0.39, 0.29) is 29.9 Å². The van der Waals surface area contributed by atoms with Crippen molar-refractivity contribution in [3.8, 4) is 0 Å². The van der Waals surface area contributed by atoms with Crippen molar-refractivity contribution < 1.29 is 17.9 Å². The first-order valence-electron chi connectivity index (χ1n) is 12.8. The molecule has 0 bridgehead atoms. The van der Waals surface area contributed by atoms with Gasteiger partial charge < -0.3 is 10.1 Å². The van der Waals surface area contributed by atoms with Gasteiger partial charge in [0.15, 0.2) is 0 Å². The van der Waals surface area contributed by atoms with Crippen LogP contribution < -0.4 is 5.32 Å². The minimum absolute atomic E-state index is 0.0437. The van der Waals surface area contributed by atoms with Gasteiger partial charge in [-0.1, -0.05) is 18.9 Å². The lowest BCUT2D eigenvalue weighted by atomic mass is 9.68. The van der Waals surface area contributed by atoms with Crippen molar-refractivity contribution in [2.75, 3.05) is 13.2 Å². The molecule has 4 aliphatic rings. The first-order chi connectivity index (χ1) is 16.4. The standard InChI is InChI=1S/C26H33F3N4O/c27-26(28,29)25(9-10-25)22-17-19(20-6-14-32-33(20)22)30-15-11-23(21-5-1-4-13-31-21)12-16-34-24(18-23)7-2-3-8-24/h1,4-6,13-14,19,22,30H,2-3,7-12,15-18H2/t19-,22-,23+/m0/s1. The van der Waals surface area contributed by atoms with E-state index in [0.29, 0.717) is 6.42 Å². The van der Waals surface area contributed by atoms with Crippen LogP contribution in [-0.2, 0) is 10.2 Å². The number of aromatic nitrogens is 3. The molecule has 2 aromatic rings. The van der Waals surface area contributed by atoms with E-state index in [1.807, 2.05) is 18.3 Å². The molecular formula is C26H33F3N4O.